The van der Waals surface area contributed by atoms with Gasteiger partial charge in [-0.3, -0.25) is 4.98 Å². The van der Waals surface area contributed by atoms with Crippen LogP contribution in [0, 0.1) is 6.92 Å². The van der Waals surface area contributed by atoms with Crippen molar-refractivity contribution in [2.24, 2.45) is 0 Å². The second-order valence-electron chi connectivity index (χ2n) is 6.06. The third-order valence-corrected chi connectivity index (χ3v) is 4.27. The monoisotopic (exact) mass is 297 g/mol. The second-order valence-corrected chi connectivity index (χ2v) is 6.06. The van der Waals surface area contributed by atoms with Crippen molar-refractivity contribution in [3.63, 3.8) is 0 Å². The lowest BCUT2D eigenvalue weighted by Crippen LogP contribution is -2.32. The number of fused-ring (bicyclic) bond motifs is 2. The van der Waals surface area contributed by atoms with Crippen LogP contribution >= 0.6 is 0 Å². The quantitative estimate of drug-likeness (QED) is 0.852. The van der Waals surface area contributed by atoms with Crippen LogP contribution < -0.4 is 9.47 Å². The molecule has 0 amide bonds. The molecule has 1 aliphatic carbocycles. The van der Waals surface area contributed by atoms with Crippen LogP contribution in [0.2, 0.25) is 0 Å². The van der Waals surface area contributed by atoms with Crippen molar-refractivity contribution in [1.29, 1.82) is 0 Å². The lowest BCUT2D eigenvalue weighted by Gasteiger charge is -2.25. The van der Waals surface area contributed by atoms with Crippen LogP contribution in [0.3, 0.4) is 0 Å². The van der Waals surface area contributed by atoms with Gasteiger partial charge in [-0.25, -0.2) is 0 Å². The average molecular weight is 297 g/mol. The van der Waals surface area contributed by atoms with Crippen LogP contribution in [0.5, 0.6) is 11.6 Å². The van der Waals surface area contributed by atoms with E-state index in [9.17, 15) is 0 Å². The van der Waals surface area contributed by atoms with E-state index in [1.54, 1.807) is 0 Å². The van der Waals surface area contributed by atoms with Gasteiger partial charge in [0.2, 0.25) is 0 Å². The SMILES string of the molecule is Cc1cc2c(nn1)OCC(Cc1cc3c(cn1)CCCC3)O2. The van der Waals surface area contributed by atoms with Gasteiger partial charge >= 0.3 is 0 Å². The Morgan fingerprint density at radius 3 is 2.91 bits per heavy atom. The van der Waals surface area contributed by atoms with Crippen LogP contribution in [0.25, 0.3) is 0 Å². The van der Waals surface area contributed by atoms with Crippen LogP contribution in [-0.4, -0.2) is 27.9 Å². The first-order valence-electron chi connectivity index (χ1n) is 7.88. The van der Waals surface area contributed by atoms with Crippen molar-refractivity contribution >= 4 is 0 Å². The summed E-state index contributed by atoms with van der Waals surface area (Å²) in [6.07, 6.45) is 7.67. The van der Waals surface area contributed by atoms with Crippen LogP contribution in [0.1, 0.15) is 35.4 Å². The van der Waals surface area contributed by atoms with E-state index in [1.165, 1.54) is 30.4 Å². The van der Waals surface area contributed by atoms with Gasteiger partial charge in [0, 0.05) is 24.4 Å². The standard InChI is InChI=1S/C17H19N3O2/c1-11-6-16-17(20-19-11)21-10-15(22-16)8-14-7-12-4-2-3-5-13(12)9-18-14/h6-7,9,15H,2-5,8,10H2,1H3. The molecule has 4 rings (SSSR count). The number of pyridine rings is 1. The van der Waals surface area contributed by atoms with Gasteiger partial charge in [0.05, 0.1) is 5.69 Å². The van der Waals surface area contributed by atoms with Gasteiger partial charge in [-0.15, -0.1) is 5.10 Å². The molecule has 0 aromatic carbocycles. The summed E-state index contributed by atoms with van der Waals surface area (Å²) in [4.78, 5) is 4.60. The lowest BCUT2D eigenvalue weighted by atomic mass is 9.92. The summed E-state index contributed by atoms with van der Waals surface area (Å²) < 4.78 is 11.6. The fourth-order valence-electron chi connectivity index (χ4n) is 3.13. The molecule has 1 atom stereocenters. The third-order valence-electron chi connectivity index (χ3n) is 4.27. The molecule has 22 heavy (non-hydrogen) atoms. The predicted molar refractivity (Wildman–Crippen MR) is 81.3 cm³/mol. The van der Waals surface area contributed by atoms with Crippen molar-refractivity contribution in [1.82, 2.24) is 15.2 Å². The summed E-state index contributed by atoms with van der Waals surface area (Å²) in [7, 11) is 0. The van der Waals surface area contributed by atoms with Crippen LogP contribution in [-0.2, 0) is 19.3 Å². The summed E-state index contributed by atoms with van der Waals surface area (Å²) in [5, 5.41) is 7.99. The molecular formula is C17H19N3O2. The van der Waals surface area contributed by atoms with E-state index in [0.29, 0.717) is 18.2 Å². The summed E-state index contributed by atoms with van der Waals surface area (Å²) in [6.45, 7) is 2.38. The fraction of sp³-hybridized carbons (Fsp3) is 0.471. The Kier molecular flexibility index (Phi) is 3.41. The van der Waals surface area contributed by atoms with Gasteiger partial charge in [-0.05, 0) is 49.8 Å². The molecule has 0 saturated heterocycles. The zero-order valence-electron chi connectivity index (χ0n) is 12.7. The summed E-state index contributed by atoms with van der Waals surface area (Å²) in [5.74, 6) is 1.17. The minimum Gasteiger partial charge on any atom is -0.481 e. The molecule has 0 spiro atoms. The van der Waals surface area contributed by atoms with Crippen molar-refractivity contribution in [2.45, 2.75) is 45.1 Å². The highest BCUT2D eigenvalue weighted by Crippen LogP contribution is 2.30. The Morgan fingerprint density at radius 2 is 2.00 bits per heavy atom. The van der Waals surface area contributed by atoms with E-state index >= 15 is 0 Å². The topological polar surface area (TPSA) is 57.1 Å². The Hall–Kier alpha value is -2.17. The minimum absolute atomic E-state index is 0.0229. The van der Waals surface area contributed by atoms with Crippen LogP contribution in [0.15, 0.2) is 18.3 Å². The number of aromatic nitrogens is 3. The van der Waals surface area contributed by atoms with Crippen LogP contribution in [0.4, 0.5) is 0 Å². The Balaban J connectivity index is 1.50. The van der Waals surface area contributed by atoms with E-state index in [0.717, 1.165) is 24.2 Å². The molecular weight excluding hydrogens is 278 g/mol. The van der Waals surface area contributed by atoms with E-state index in [1.807, 2.05) is 19.2 Å². The Labute approximate surface area is 129 Å². The van der Waals surface area contributed by atoms with Gasteiger partial charge in [-0.1, -0.05) is 0 Å². The molecule has 2 aromatic rings. The molecule has 114 valence electrons. The van der Waals surface area contributed by atoms with Gasteiger partial charge in [0.25, 0.3) is 5.88 Å². The second kappa shape index (κ2) is 5.55. The molecule has 5 heteroatoms. The maximum Gasteiger partial charge on any atom is 0.276 e. The molecule has 0 saturated carbocycles. The number of rotatable bonds is 2. The van der Waals surface area contributed by atoms with Crippen molar-refractivity contribution in [3.8, 4) is 11.6 Å². The molecule has 5 nitrogen and oxygen atoms in total. The Bertz CT molecular complexity index is 702. The maximum atomic E-state index is 5.99. The highest BCUT2D eigenvalue weighted by atomic mass is 16.6. The van der Waals surface area contributed by atoms with E-state index < -0.39 is 0 Å². The zero-order valence-corrected chi connectivity index (χ0v) is 12.7. The summed E-state index contributed by atoms with van der Waals surface area (Å²) in [6, 6.07) is 4.11. The number of aryl methyl sites for hydroxylation is 3. The molecule has 0 N–H and O–H groups in total. The van der Waals surface area contributed by atoms with Crippen molar-refractivity contribution in [3.05, 3.63) is 40.8 Å². The molecule has 2 aliphatic rings. The largest absolute Gasteiger partial charge is 0.481 e. The molecule has 1 unspecified atom stereocenters. The highest BCUT2D eigenvalue weighted by molar-refractivity contribution is 5.35. The number of hydrogen-bond acceptors (Lipinski definition) is 5. The van der Waals surface area contributed by atoms with Gasteiger partial charge in [0.1, 0.15) is 12.7 Å². The smallest absolute Gasteiger partial charge is 0.276 e. The minimum atomic E-state index is -0.0229. The molecule has 0 radical (unpaired) electrons. The highest BCUT2D eigenvalue weighted by Gasteiger charge is 2.24. The summed E-state index contributed by atoms with van der Waals surface area (Å²) in [5.41, 5.74) is 4.77. The molecule has 3 heterocycles. The van der Waals surface area contributed by atoms with Gasteiger partial charge < -0.3 is 9.47 Å². The average Bonchev–Trinajstić information content (AvgIpc) is 2.54. The molecule has 0 fully saturated rings. The number of hydrogen-bond donors (Lipinski definition) is 0. The maximum absolute atomic E-state index is 5.99. The molecule has 1 aliphatic heterocycles. The van der Waals surface area contributed by atoms with E-state index in [2.05, 4.69) is 21.2 Å². The normalized spacial score (nSPS) is 19.6. The summed E-state index contributed by atoms with van der Waals surface area (Å²) >= 11 is 0. The first-order chi connectivity index (χ1) is 10.8. The van der Waals surface area contributed by atoms with E-state index in [4.69, 9.17) is 9.47 Å². The molecule has 0 bridgehead atoms. The predicted octanol–water partition coefficient (Wildman–Crippen LogP) is 2.44. The first kappa shape index (κ1) is 13.5. The third kappa shape index (κ3) is 2.63. The van der Waals surface area contributed by atoms with Crippen molar-refractivity contribution < 1.29 is 9.47 Å². The first-order valence-corrected chi connectivity index (χ1v) is 7.88. The van der Waals surface area contributed by atoms with E-state index in [-0.39, 0.29) is 6.10 Å². The number of ether oxygens (including phenoxy) is 2. The Morgan fingerprint density at radius 1 is 1.14 bits per heavy atom. The number of nitrogens with zero attached hydrogens (tertiary/aromatic N) is 3. The fourth-order valence-corrected chi connectivity index (χ4v) is 3.13. The molecule has 2 aromatic heterocycles. The van der Waals surface area contributed by atoms with Gasteiger partial charge in [0.15, 0.2) is 5.75 Å². The zero-order chi connectivity index (χ0) is 14.9. The van der Waals surface area contributed by atoms with Gasteiger partial charge in [-0.2, -0.15) is 5.10 Å². The van der Waals surface area contributed by atoms with Crippen molar-refractivity contribution in [2.75, 3.05) is 6.61 Å². The lowest BCUT2D eigenvalue weighted by molar-refractivity contribution is 0.0842.